The van der Waals surface area contributed by atoms with Gasteiger partial charge in [0.05, 0.1) is 41.1 Å². The van der Waals surface area contributed by atoms with Gasteiger partial charge in [0, 0.05) is 35.2 Å². The Labute approximate surface area is 362 Å². The predicted molar refractivity (Wildman–Crippen MR) is 233 cm³/mol. The van der Waals surface area contributed by atoms with Crippen LogP contribution in [0.3, 0.4) is 0 Å². The number of hydrogen-bond donors (Lipinski definition) is 2. The minimum absolute atomic E-state index is 0.0139. The zero-order valence-electron chi connectivity index (χ0n) is 36.5. The van der Waals surface area contributed by atoms with E-state index in [1.54, 1.807) is 34.8 Å². The number of nitrogens with one attached hydrogen (secondary N) is 2. The second kappa shape index (κ2) is 16.9. The van der Waals surface area contributed by atoms with Crippen LogP contribution in [0.5, 0.6) is 11.5 Å². The zero-order valence-corrected chi connectivity index (χ0v) is 38.1. The van der Waals surface area contributed by atoms with Gasteiger partial charge in [-0.25, -0.2) is 23.2 Å². The Morgan fingerprint density at radius 1 is 1.07 bits per heavy atom. The highest BCUT2D eigenvalue weighted by Gasteiger charge is 2.62. The van der Waals surface area contributed by atoms with E-state index in [4.69, 9.17) is 24.2 Å². The van der Waals surface area contributed by atoms with Crippen molar-refractivity contribution in [3.05, 3.63) is 47.0 Å². The SMILES string of the molecule is COc1ccc2c(O[C@@H]3C[C@H]4C(=O)C[C@]5(C(=O)NS(=O)(=O)C6(C)CC6)C[C@H]5/C=C\CCCCC[C@H](NC(=O)OC(C)(C)C)C(=O)N4C3)cc(-c3nc(C(C)C)cs3)nc2c1C. The fourth-order valence-corrected chi connectivity index (χ4v) is 10.7. The number of sulfonamides is 1. The van der Waals surface area contributed by atoms with Crippen LogP contribution in [-0.2, 0) is 29.1 Å². The molecule has 16 heteroatoms. The molecule has 0 bridgehead atoms. The number of carbonyl (C=O) groups is 4. The molecule has 7 rings (SSSR count). The molecular weight excluding hydrogens is 819 g/mol. The molecule has 2 aromatic heterocycles. The van der Waals surface area contributed by atoms with E-state index >= 15 is 0 Å². The van der Waals surface area contributed by atoms with Crippen molar-refractivity contribution in [3.63, 3.8) is 0 Å². The van der Waals surface area contributed by atoms with Gasteiger partial charge in [-0.3, -0.25) is 19.1 Å². The largest absolute Gasteiger partial charge is 0.496 e. The number of alkyl carbamates (subject to hydrolysis) is 1. The third-order valence-electron chi connectivity index (χ3n) is 12.5. The number of pyridine rings is 1. The Balaban J connectivity index is 1.25. The van der Waals surface area contributed by atoms with Gasteiger partial charge < -0.3 is 24.4 Å². The number of aryl methyl sites for hydroxylation is 1. The number of nitrogens with zero attached hydrogens (tertiary/aromatic N) is 3. The maximum Gasteiger partial charge on any atom is 0.408 e. The van der Waals surface area contributed by atoms with Crippen molar-refractivity contribution in [1.29, 1.82) is 0 Å². The molecule has 0 radical (unpaired) electrons. The first kappa shape index (κ1) is 44.5. The number of benzene rings is 1. The lowest BCUT2D eigenvalue weighted by molar-refractivity contribution is -0.140. The fourth-order valence-electron chi connectivity index (χ4n) is 8.39. The number of amides is 3. The number of ketones is 1. The molecule has 4 heterocycles. The number of thiazole rings is 1. The average Bonchev–Trinajstić information content (AvgIpc) is 3.95. The molecule has 330 valence electrons. The molecule has 0 unspecified atom stereocenters. The van der Waals surface area contributed by atoms with Crippen molar-refractivity contribution in [3.8, 4) is 22.2 Å². The van der Waals surface area contributed by atoms with Gasteiger partial charge in [-0.15, -0.1) is 11.3 Å². The van der Waals surface area contributed by atoms with Crippen LogP contribution in [-0.4, -0.2) is 89.2 Å². The normalized spacial score (nSPS) is 26.1. The standard InChI is InChI=1S/C45H59N5O9S2/c1-26(2)33-25-60-39(47-33)32-21-37(30-16-17-36(57-8)27(3)38(30)46-32)58-29-20-34-35(51)23-45(41(53)49-61(55,56)44(7)18-19-44)22-28(45)14-12-10-9-11-13-15-31(40(52)50(34)24-29)48-42(54)59-43(4,5)6/h12,14,16-17,21,25-26,28-29,31,34H,9-11,13,15,18-20,22-24H2,1-8H3,(H,48,54)(H,49,53)/b14-12-/t28-,29-,31+,34+,45-/m1/s1. The molecule has 3 amide bonds. The number of rotatable bonds is 9. The number of fused-ring (bicyclic) bond motifs is 3. The van der Waals surface area contributed by atoms with Crippen molar-refractivity contribution in [2.75, 3.05) is 13.7 Å². The highest BCUT2D eigenvalue weighted by Crippen LogP contribution is 2.57. The molecule has 3 fully saturated rings. The quantitative estimate of drug-likeness (QED) is 0.203. The Hall–Kier alpha value is -4.57. The molecule has 4 aliphatic rings. The number of Topliss-reactive ketones (excluding diaryl/α,β-unsaturated/α-hetero) is 1. The molecule has 61 heavy (non-hydrogen) atoms. The van der Waals surface area contributed by atoms with Gasteiger partial charge in [0.25, 0.3) is 0 Å². The summed E-state index contributed by atoms with van der Waals surface area (Å²) in [5.74, 6) is -0.502. The van der Waals surface area contributed by atoms with Crippen LogP contribution < -0.4 is 19.5 Å². The first-order valence-corrected chi connectivity index (χ1v) is 23.8. The van der Waals surface area contributed by atoms with E-state index in [-0.39, 0.29) is 37.0 Å². The summed E-state index contributed by atoms with van der Waals surface area (Å²) in [5.41, 5.74) is 0.913. The molecule has 2 aliphatic heterocycles. The third kappa shape index (κ3) is 9.45. The second-order valence-electron chi connectivity index (χ2n) is 18.8. The monoisotopic (exact) mass is 877 g/mol. The van der Waals surface area contributed by atoms with Gasteiger partial charge in [0.1, 0.15) is 39.9 Å². The van der Waals surface area contributed by atoms with Crippen LogP contribution in [0.1, 0.15) is 123 Å². The summed E-state index contributed by atoms with van der Waals surface area (Å²) in [4.78, 5) is 68.2. The summed E-state index contributed by atoms with van der Waals surface area (Å²) in [5, 5.41) is 6.24. The van der Waals surface area contributed by atoms with Gasteiger partial charge in [0.15, 0.2) is 5.78 Å². The number of ether oxygens (including phenoxy) is 3. The molecule has 3 aromatic rings. The number of hydrogen-bond acceptors (Lipinski definition) is 12. The van der Waals surface area contributed by atoms with E-state index in [0.717, 1.165) is 24.1 Å². The van der Waals surface area contributed by atoms with Gasteiger partial charge >= 0.3 is 6.09 Å². The third-order valence-corrected chi connectivity index (χ3v) is 15.6. The van der Waals surface area contributed by atoms with Crippen LogP contribution in [0.2, 0.25) is 0 Å². The van der Waals surface area contributed by atoms with Crippen LogP contribution in [0.15, 0.2) is 35.7 Å². The van der Waals surface area contributed by atoms with Crippen molar-refractivity contribution in [1.82, 2.24) is 24.9 Å². The van der Waals surface area contributed by atoms with Crippen molar-refractivity contribution in [2.24, 2.45) is 11.3 Å². The molecule has 0 spiro atoms. The molecular formula is C45H59N5O9S2. The van der Waals surface area contributed by atoms with Crippen molar-refractivity contribution < 1.29 is 41.8 Å². The predicted octanol–water partition coefficient (Wildman–Crippen LogP) is 7.52. The van der Waals surface area contributed by atoms with E-state index < -0.39 is 61.9 Å². The van der Waals surface area contributed by atoms with Gasteiger partial charge in [-0.2, -0.15) is 0 Å². The lowest BCUT2D eigenvalue weighted by atomic mass is 9.91. The van der Waals surface area contributed by atoms with E-state index in [1.807, 2.05) is 42.7 Å². The average molecular weight is 878 g/mol. The van der Waals surface area contributed by atoms with Crippen molar-refractivity contribution in [2.45, 2.75) is 147 Å². The van der Waals surface area contributed by atoms with Crippen LogP contribution in [0, 0.1) is 18.3 Å². The highest BCUT2D eigenvalue weighted by atomic mass is 32.2. The maximum atomic E-state index is 14.8. The number of methoxy groups -OCH3 is 1. The summed E-state index contributed by atoms with van der Waals surface area (Å²) in [6.07, 6.45) is 6.78. The van der Waals surface area contributed by atoms with Crippen molar-refractivity contribution >= 4 is 56.0 Å². The molecule has 2 aliphatic carbocycles. The summed E-state index contributed by atoms with van der Waals surface area (Å²) in [7, 11) is -2.37. The smallest absolute Gasteiger partial charge is 0.408 e. The minimum Gasteiger partial charge on any atom is -0.496 e. The first-order chi connectivity index (χ1) is 28.7. The first-order valence-electron chi connectivity index (χ1n) is 21.4. The van der Waals surface area contributed by atoms with E-state index in [9.17, 15) is 27.6 Å². The molecule has 5 atom stereocenters. The lowest BCUT2D eigenvalue weighted by Crippen LogP contribution is -2.53. The number of allylic oxidation sites excluding steroid dienone is 2. The Kier molecular flexibility index (Phi) is 12.4. The molecule has 2 saturated carbocycles. The zero-order chi connectivity index (χ0) is 44.1. The second-order valence-corrected chi connectivity index (χ2v) is 21.8. The minimum atomic E-state index is -3.97. The van der Waals surface area contributed by atoms with Gasteiger partial charge in [-0.05, 0) is 97.1 Å². The maximum absolute atomic E-state index is 14.8. The molecule has 14 nitrogen and oxygen atoms in total. The summed E-state index contributed by atoms with van der Waals surface area (Å²) >= 11 is 1.48. The van der Waals surface area contributed by atoms with Gasteiger partial charge in [0.2, 0.25) is 21.8 Å². The number of carbonyl (C=O) groups excluding carboxylic acids is 4. The topological polar surface area (TPSA) is 183 Å². The molecule has 1 saturated heterocycles. The Morgan fingerprint density at radius 2 is 1.82 bits per heavy atom. The van der Waals surface area contributed by atoms with Crippen LogP contribution in [0.4, 0.5) is 4.79 Å². The van der Waals surface area contributed by atoms with Crippen LogP contribution in [0.25, 0.3) is 21.6 Å². The van der Waals surface area contributed by atoms with Crippen LogP contribution >= 0.6 is 11.3 Å². The summed E-state index contributed by atoms with van der Waals surface area (Å²) in [6, 6.07) is 3.53. The summed E-state index contributed by atoms with van der Waals surface area (Å²) in [6.45, 7) is 12.9. The van der Waals surface area contributed by atoms with E-state index in [0.29, 0.717) is 71.6 Å². The number of aromatic nitrogens is 2. The molecule has 1 aromatic carbocycles. The Bertz CT molecular complexity index is 2350. The van der Waals surface area contributed by atoms with Gasteiger partial charge in [-0.1, -0.05) is 38.8 Å². The highest BCUT2D eigenvalue weighted by molar-refractivity contribution is 7.91. The van der Waals surface area contributed by atoms with E-state index in [1.165, 1.54) is 16.2 Å². The summed E-state index contributed by atoms with van der Waals surface area (Å²) < 4.78 is 46.0. The fraction of sp³-hybridized carbons (Fsp3) is 0.600. The lowest BCUT2D eigenvalue weighted by Gasteiger charge is -2.30. The van der Waals surface area contributed by atoms with E-state index in [2.05, 4.69) is 23.9 Å². The molecule has 2 N–H and O–H groups in total. The Morgan fingerprint density at radius 3 is 2.49 bits per heavy atom.